The summed E-state index contributed by atoms with van der Waals surface area (Å²) in [5, 5.41) is 5.28. The van der Waals surface area contributed by atoms with Gasteiger partial charge in [0.1, 0.15) is 6.04 Å². The molecule has 1 aromatic carbocycles. The van der Waals surface area contributed by atoms with Crippen molar-refractivity contribution in [1.82, 2.24) is 5.32 Å². The number of hydrogen-bond acceptors (Lipinski definition) is 5. The first-order valence-corrected chi connectivity index (χ1v) is 8.20. The van der Waals surface area contributed by atoms with E-state index in [1.54, 1.807) is 38.1 Å². The third-order valence-corrected chi connectivity index (χ3v) is 3.62. The van der Waals surface area contributed by atoms with Crippen molar-refractivity contribution in [3.63, 3.8) is 0 Å². The third kappa shape index (κ3) is 6.19. The van der Waals surface area contributed by atoms with Crippen LogP contribution < -0.4 is 16.4 Å². The molecule has 2 amide bonds. The minimum absolute atomic E-state index is 0.254. The molecule has 1 rings (SSSR count). The quantitative estimate of drug-likeness (QED) is 0.677. The second kappa shape index (κ2) is 8.62. The number of esters is 1. The van der Waals surface area contributed by atoms with E-state index in [1.807, 2.05) is 20.8 Å². The summed E-state index contributed by atoms with van der Waals surface area (Å²) in [6.07, 6.45) is 0. The fourth-order valence-corrected chi connectivity index (χ4v) is 1.92. The normalized spacial score (nSPS) is 13.5. The highest BCUT2D eigenvalue weighted by Gasteiger charge is 2.27. The lowest BCUT2D eigenvalue weighted by Gasteiger charge is -2.25. The monoisotopic (exact) mass is 349 g/mol. The second-order valence-electron chi connectivity index (χ2n) is 6.86. The lowest BCUT2D eigenvalue weighted by atomic mass is 9.87. The van der Waals surface area contributed by atoms with Crippen molar-refractivity contribution in [3.05, 3.63) is 29.8 Å². The Hall–Kier alpha value is -2.41. The zero-order valence-corrected chi connectivity index (χ0v) is 15.4. The Bertz CT molecular complexity index is 620. The lowest BCUT2D eigenvalue weighted by molar-refractivity contribution is -0.144. The number of anilines is 1. The smallest absolute Gasteiger partial charge is 0.328 e. The van der Waals surface area contributed by atoms with Gasteiger partial charge in [0.2, 0.25) is 5.91 Å². The number of hydrogen-bond donors (Lipinski definition) is 3. The molecule has 0 heterocycles. The van der Waals surface area contributed by atoms with Gasteiger partial charge < -0.3 is 21.1 Å². The average molecular weight is 349 g/mol. The molecule has 4 N–H and O–H groups in total. The van der Waals surface area contributed by atoms with Gasteiger partial charge in [-0.2, -0.15) is 0 Å². The number of benzene rings is 1. The molecule has 0 aliphatic carbocycles. The first kappa shape index (κ1) is 20.6. The van der Waals surface area contributed by atoms with Crippen molar-refractivity contribution in [2.75, 3.05) is 11.9 Å². The minimum atomic E-state index is -0.739. The van der Waals surface area contributed by atoms with Gasteiger partial charge in [0.05, 0.1) is 12.6 Å². The van der Waals surface area contributed by atoms with Crippen LogP contribution in [0.5, 0.6) is 0 Å². The van der Waals surface area contributed by atoms with Crippen LogP contribution in [0.15, 0.2) is 24.3 Å². The van der Waals surface area contributed by atoms with Crippen LogP contribution in [0.2, 0.25) is 0 Å². The first-order chi connectivity index (χ1) is 11.6. The van der Waals surface area contributed by atoms with Crippen LogP contribution in [0, 0.1) is 5.41 Å². The van der Waals surface area contributed by atoms with Gasteiger partial charge in [-0.15, -0.1) is 0 Å². The predicted octanol–water partition coefficient (Wildman–Crippen LogP) is 1.68. The van der Waals surface area contributed by atoms with E-state index in [0.29, 0.717) is 11.3 Å². The lowest BCUT2D eigenvalue weighted by Crippen LogP contribution is -2.45. The Morgan fingerprint density at radius 1 is 1.16 bits per heavy atom. The number of carbonyl (C=O) groups excluding carboxylic acids is 3. The standard InChI is InChI=1S/C18H27N3O4/c1-6-25-17(24)11(2)20-15(22)12-7-9-13(10-8-12)21-16(23)14(19)18(3,4)5/h7-11,14H,6,19H2,1-5H3,(H,20,22)(H,21,23)/t11?,14-/m1/s1. The Labute approximate surface area is 148 Å². The molecule has 0 aromatic heterocycles. The zero-order valence-electron chi connectivity index (χ0n) is 15.4. The molecule has 0 bridgehead atoms. The molecular weight excluding hydrogens is 322 g/mol. The number of nitrogens with one attached hydrogen (secondary N) is 2. The fraction of sp³-hybridized carbons (Fsp3) is 0.500. The number of nitrogens with two attached hydrogens (primary N) is 1. The van der Waals surface area contributed by atoms with Crippen LogP contribution in [-0.2, 0) is 14.3 Å². The van der Waals surface area contributed by atoms with E-state index in [0.717, 1.165) is 0 Å². The van der Waals surface area contributed by atoms with Gasteiger partial charge in [-0.05, 0) is 43.5 Å². The maximum absolute atomic E-state index is 12.1. The van der Waals surface area contributed by atoms with E-state index in [9.17, 15) is 14.4 Å². The molecule has 7 nitrogen and oxygen atoms in total. The van der Waals surface area contributed by atoms with E-state index >= 15 is 0 Å². The Balaban J connectivity index is 2.68. The van der Waals surface area contributed by atoms with Crippen LogP contribution in [-0.4, -0.2) is 36.5 Å². The minimum Gasteiger partial charge on any atom is -0.464 e. The summed E-state index contributed by atoms with van der Waals surface area (Å²) in [5.74, 6) is -1.18. The molecule has 0 aliphatic rings. The molecule has 7 heteroatoms. The van der Waals surface area contributed by atoms with Crippen LogP contribution in [0.4, 0.5) is 5.69 Å². The third-order valence-electron chi connectivity index (χ3n) is 3.62. The summed E-state index contributed by atoms with van der Waals surface area (Å²) < 4.78 is 4.84. The van der Waals surface area contributed by atoms with Gasteiger partial charge in [0.15, 0.2) is 0 Å². The van der Waals surface area contributed by atoms with Gasteiger partial charge in [0.25, 0.3) is 5.91 Å². The maximum atomic E-state index is 12.1. The van der Waals surface area contributed by atoms with Crippen molar-refractivity contribution < 1.29 is 19.1 Å². The number of ether oxygens (including phenoxy) is 1. The number of amides is 2. The van der Waals surface area contributed by atoms with Gasteiger partial charge in [-0.3, -0.25) is 9.59 Å². The molecule has 1 unspecified atom stereocenters. The topological polar surface area (TPSA) is 111 Å². The van der Waals surface area contributed by atoms with Crippen molar-refractivity contribution >= 4 is 23.5 Å². The summed E-state index contributed by atoms with van der Waals surface area (Å²) in [6.45, 7) is 9.16. The largest absolute Gasteiger partial charge is 0.464 e. The molecule has 0 fully saturated rings. The van der Waals surface area contributed by atoms with E-state index in [-0.39, 0.29) is 17.9 Å². The van der Waals surface area contributed by atoms with E-state index < -0.39 is 24.0 Å². The van der Waals surface area contributed by atoms with Gasteiger partial charge in [0, 0.05) is 11.3 Å². The van der Waals surface area contributed by atoms with E-state index in [4.69, 9.17) is 10.5 Å². The maximum Gasteiger partial charge on any atom is 0.328 e. The second-order valence-corrected chi connectivity index (χ2v) is 6.86. The molecular formula is C18H27N3O4. The molecule has 0 spiro atoms. The molecule has 0 aliphatic heterocycles. The molecule has 0 saturated carbocycles. The average Bonchev–Trinajstić information content (AvgIpc) is 2.53. The highest BCUT2D eigenvalue weighted by molar-refractivity contribution is 5.98. The summed E-state index contributed by atoms with van der Waals surface area (Å²) in [4.78, 5) is 35.7. The van der Waals surface area contributed by atoms with Crippen LogP contribution in [0.3, 0.4) is 0 Å². The Morgan fingerprint density at radius 3 is 2.20 bits per heavy atom. The predicted molar refractivity (Wildman–Crippen MR) is 96.1 cm³/mol. The van der Waals surface area contributed by atoms with Crippen molar-refractivity contribution in [2.24, 2.45) is 11.1 Å². The summed E-state index contributed by atoms with van der Waals surface area (Å²) in [5.41, 5.74) is 6.47. The SMILES string of the molecule is CCOC(=O)C(C)NC(=O)c1ccc(NC(=O)[C@@H](N)C(C)(C)C)cc1. The van der Waals surface area contributed by atoms with Gasteiger partial charge >= 0.3 is 5.97 Å². The van der Waals surface area contributed by atoms with Crippen molar-refractivity contribution in [3.8, 4) is 0 Å². The Kier molecular flexibility index (Phi) is 7.11. The zero-order chi connectivity index (χ0) is 19.2. The molecule has 1 aromatic rings. The fourth-order valence-electron chi connectivity index (χ4n) is 1.92. The molecule has 0 radical (unpaired) electrons. The highest BCUT2D eigenvalue weighted by Crippen LogP contribution is 2.19. The van der Waals surface area contributed by atoms with Crippen molar-refractivity contribution in [1.29, 1.82) is 0 Å². The van der Waals surface area contributed by atoms with Gasteiger partial charge in [-0.25, -0.2) is 4.79 Å². The van der Waals surface area contributed by atoms with E-state index in [1.165, 1.54) is 0 Å². The van der Waals surface area contributed by atoms with Crippen LogP contribution in [0.1, 0.15) is 45.0 Å². The van der Waals surface area contributed by atoms with E-state index in [2.05, 4.69) is 10.6 Å². The van der Waals surface area contributed by atoms with Gasteiger partial charge in [-0.1, -0.05) is 20.8 Å². The first-order valence-electron chi connectivity index (χ1n) is 8.20. The molecule has 25 heavy (non-hydrogen) atoms. The number of carbonyl (C=O) groups is 3. The van der Waals surface area contributed by atoms with Crippen molar-refractivity contribution in [2.45, 2.75) is 46.7 Å². The highest BCUT2D eigenvalue weighted by atomic mass is 16.5. The Morgan fingerprint density at radius 2 is 1.72 bits per heavy atom. The molecule has 2 atom stereocenters. The molecule has 138 valence electrons. The summed E-state index contributed by atoms with van der Waals surface area (Å²) in [6, 6.07) is 4.95. The van der Waals surface area contributed by atoms with Crippen LogP contribution >= 0.6 is 0 Å². The number of rotatable bonds is 6. The van der Waals surface area contributed by atoms with Crippen LogP contribution in [0.25, 0.3) is 0 Å². The molecule has 0 saturated heterocycles. The summed E-state index contributed by atoms with van der Waals surface area (Å²) in [7, 11) is 0. The summed E-state index contributed by atoms with van der Waals surface area (Å²) >= 11 is 0.